The van der Waals surface area contributed by atoms with E-state index in [1.807, 2.05) is 11.8 Å². The van der Waals surface area contributed by atoms with Crippen LogP contribution in [0.4, 0.5) is 0 Å². The number of hydrogen-bond acceptors (Lipinski definition) is 4. The van der Waals surface area contributed by atoms with Crippen molar-refractivity contribution in [1.29, 1.82) is 0 Å². The molecule has 4 heteroatoms. The van der Waals surface area contributed by atoms with Gasteiger partial charge in [-0.2, -0.15) is 0 Å². The van der Waals surface area contributed by atoms with Crippen molar-refractivity contribution in [3.8, 4) is 0 Å². The molecule has 0 amide bonds. The number of rotatable bonds is 3. The summed E-state index contributed by atoms with van der Waals surface area (Å²) < 4.78 is 0.275. The van der Waals surface area contributed by atoms with E-state index in [0.29, 0.717) is 5.92 Å². The van der Waals surface area contributed by atoms with Crippen molar-refractivity contribution in [2.75, 3.05) is 6.54 Å². The average molecular weight is 291 g/mol. The van der Waals surface area contributed by atoms with Gasteiger partial charge < -0.3 is 5.32 Å². The summed E-state index contributed by atoms with van der Waals surface area (Å²) in [6.07, 6.45) is 5.05. The summed E-state index contributed by atoms with van der Waals surface area (Å²) in [5.41, 5.74) is 4.08. The van der Waals surface area contributed by atoms with Gasteiger partial charge in [0.25, 0.3) is 0 Å². The van der Waals surface area contributed by atoms with Gasteiger partial charge in [0.2, 0.25) is 0 Å². The van der Waals surface area contributed by atoms with Gasteiger partial charge in [0.1, 0.15) is 5.82 Å². The first-order valence-electron chi connectivity index (χ1n) is 7.76. The van der Waals surface area contributed by atoms with Crippen molar-refractivity contribution in [1.82, 2.24) is 15.3 Å². The Kier molecular flexibility index (Phi) is 4.04. The van der Waals surface area contributed by atoms with Crippen LogP contribution in [-0.4, -0.2) is 21.3 Å². The first-order chi connectivity index (χ1) is 9.53. The van der Waals surface area contributed by atoms with Crippen LogP contribution in [0.3, 0.4) is 0 Å². The molecule has 0 atom stereocenters. The van der Waals surface area contributed by atoms with Crippen LogP contribution in [0.1, 0.15) is 68.7 Å². The first-order valence-corrected chi connectivity index (χ1v) is 8.75. The van der Waals surface area contributed by atoms with Gasteiger partial charge in [-0.25, -0.2) is 9.97 Å². The zero-order valence-electron chi connectivity index (χ0n) is 12.8. The van der Waals surface area contributed by atoms with Crippen molar-refractivity contribution in [3.05, 3.63) is 22.8 Å². The molecule has 1 aliphatic heterocycles. The van der Waals surface area contributed by atoms with Gasteiger partial charge in [-0.05, 0) is 12.8 Å². The highest BCUT2D eigenvalue weighted by atomic mass is 32.2. The molecule has 1 aromatic heterocycles. The Morgan fingerprint density at radius 1 is 1.25 bits per heavy atom. The van der Waals surface area contributed by atoms with Crippen molar-refractivity contribution in [3.63, 3.8) is 0 Å². The maximum atomic E-state index is 4.94. The summed E-state index contributed by atoms with van der Waals surface area (Å²) >= 11 is 1.94. The molecule has 3 nitrogen and oxygen atoms in total. The predicted octanol–water partition coefficient (Wildman–Crippen LogP) is 3.42. The van der Waals surface area contributed by atoms with Gasteiger partial charge in [-0.3, -0.25) is 0 Å². The van der Waals surface area contributed by atoms with E-state index in [-0.39, 0.29) is 4.75 Å². The summed E-state index contributed by atoms with van der Waals surface area (Å²) in [5.74, 6) is 2.68. The molecular formula is C16H25N3S. The van der Waals surface area contributed by atoms with E-state index in [0.717, 1.165) is 31.1 Å². The minimum Gasteiger partial charge on any atom is -0.312 e. The Bertz CT molecular complexity index is 489. The van der Waals surface area contributed by atoms with Crippen LogP contribution in [-0.2, 0) is 18.7 Å². The van der Waals surface area contributed by atoms with Gasteiger partial charge in [0.15, 0.2) is 0 Å². The Morgan fingerprint density at radius 2 is 2.05 bits per heavy atom. The Morgan fingerprint density at radius 3 is 2.70 bits per heavy atom. The second-order valence-corrected chi connectivity index (χ2v) is 8.71. The molecule has 0 radical (unpaired) electrons. The molecule has 2 heterocycles. The number of hydrogen-bond donors (Lipinski definition) is 1. The van der Waals surface area contributed by atoms with E-state index in [2.05, 4.69) is 26.1 Å². The van der Waals surface area contributed by atoms with E-state index >= 15 is 0 Å². The monoisotopic (exact) mass is 291 g/mol. The molecule has 0 unspecified atom stereocenters. The number of thioether (sulfide) groups is 1. The summed E-state index contributed by atoms with van der Waals surface area (Å²) in [6, 6.07) is 0. The SMILES string of the molecule is CC(C)(C)SCc1nc2c(c(C3CCC3)n1)CNCC2. The summed E-state index contributed by atoms with van der Waals surface area (Å²) in [4.78, 5) is 9.79. The van der Waals surface area contributed by atoms with Crippen molar-refractivity contribution in [2.45, 2.75) is 69.4 Å². The third kappa shape index (κ3) is 3.17. The highest BCUT2D eigenvalue weighted by molar-refractivity contribution is 7.99. The summed E-state index contributed by atoms with van der Waals surface area (Å²) in [5, 5.41) is 3.47. The third-order valence-corrected chi connectivity index (χ3v) is 5.41. The lowest BCUT2D eigenvalue weighted by Crippen LogP contribution is -2.29. The maximum absolute atomic E-state index is 4.94. The van der Waals surface area contributed by atoms with Crippen LogP contribution < -0.4 is 5.32 Å². The third-order valence-electron chi connectivity index (χ3n) is 4.14. The van der Waals surface area contributed by atoms with Crippen LogP contribution in [0, 0.1) is 0 Å². The second kappa shape index (κ2) is 5.64. The van der Waals surface area contributed by atoms with E-state index in [4.69, 9.17) is 9.97 Å². The number of nitrogens with zero attached hydrogens (tertiary/aromatic N) is 2. The predicted molar refractivity (Wildman–Crippen MR) is 85.1 cm³/mol. The standard InChI is InChI=1S/C16H25N3S/c1-16(2,3)20-10-14-18-13-7-8-17-9-12(13)15(19-14)11-5-4-6-11/h11,17H,4-10H2,1-3H3. The fraction of sp³-hybridized carbons (Fsp3) is 0.750. The summed E-state index contributed by atoms with van der Waals surface area (Å²) in [6.45, 7) is 8.79. The fourth-order valence-electron chi connectivity index (χ4n) is 2.79. The zero-order valence-corrected chi connectivity index (χ0v) is 13.6. The highest BCUT2D eigenvalue weighted by Gasteiger charge is 2.27. The molecule has 0 spiro atoms. The topological polar surface area (TPSA) is 37.8 Å². The van der Waals surface area contributed by atoms with E-state index in [1.165, 1.54) is 36.2 Å². The Hall–Kier alpha value is -0.610. The minimum atomic E-state index is 0.275. The molecule has 1 saturated carbocycles. The van der Waals surface area contributed by atoms with E-state index < -0.39 is 0 Å². The lowest BCUT2D eigenvalue weighted by molar-refractivity contribution is 0.403. The lowest BCUT2D eigenvalue weighted by atomic mass is 9.80. The Balaban J connectivity index is 1.87. The van der Waals surface area contributed by atoms with Crippen LogP contribution in [0.5, 0.6) is 0 Å². The minimum absolute atomic E-state index is 0.275. The van der Waals surface area contributed by atoms with Gasteiger partial charge in [0.05, 0.1) is 17.1 Å². The summed E-state index contributed by atoms with van der Waals surface area (Å²) in [7, 11) is 0. The van der Waals surface area contributed by atoms with Crippen molar-refractivity contribution in [2.24, 2.45) is 0 Å². The van der Waals surface area contributed by atoms with Crippen LogP contribution in [0.15, 0.2) is 0 Å². The lowest BCUT2D eigenvalue weighted by Gasteiger charge is -2.30. The van der Waals surface area contributed by atoms with E-state index in [9.17, 15) is 0 Å². The quantitative estimate of drug-likeness (QED) is 0.926. The number of fused-ring (bicyclic) bond motifs is 1. The van der Waals surface area contributed by atoms with Gasteiger partial charge in [-0.1, -0.05) is 27.2 Å². The Labute approximate surface area is 126 Å². The molecule has 0 bridgehead atoms. The average Bonchev–Trinajstić information content (AvgIpc) is 2.33. The molecule has 3 rings (SSSR count). The molecule has 110 valence electrons. The van der Waals surface area contributed by atoms with Crippen LogP contribution >= 0.6 is 11.8 Å². The molecule has 0 saturated heterocycles. The van der Waals surface area contributed by atoms with Crippen LogP contribution in [0.2, 0.25) is 0 Å². The molecule has 20 heavy (non-hydrogen) atoms. The zero-order chi connectivity index (χ0) is 14.2. The second-order valence-electron chi connectivity index (χ2n) is 6.91. The molecule has 1 aromatic rings. The van der Waals surface area contributed by atoms with Gasteiger partial charge in [0, 0.05) is 35.7 Å². The number of aromatic nitrogens is 2. The van der Waals surface area contributed by atoms with Crippen molar-refractivity contribution >= 4 is 11.8 Å². The molecular weight excluding hydrogens is 266 g/mol. The highest BCUT2D eigenvalue weighted by Crippen LogP contribution is 2.38. The largest absolute Gasteiger partial charge is 0.312 e. The first kappa shape index (κ1) is 14.3. The molecule has 2 aliphatic rings. The van der Waals surface area contributed by atoms with Gasteiger partial charge in [-0.15, -0.1) is 11.8 Å². The smallest absolute Gasteiger partial charge is 0.138 e. The number of nitrogens with one attached hydrogen (secondary N) is 1. The van der Waals surface area contributed by atoms with E-state index in [1.54, 1.807) is 0 Å². The molecule has 1 fully saturated rings. The van der Waals surface area contributed by atoms with Crippen molar-refractivity contribution < 1.29 is 0 Å². The normalized spacial score (nSPS) is 19.6. The molecule has 1 N–H and O–H groups in total. The fourth-order valence-corrected chi connectivity index (χ4v) is 3.48. The maximum Gasteiger partial charge on any atom is 0.138 e. The van der Waals surface area contributed by atoms with Gasteiger partial charge >= 0.3 is 0 Å². The molecule has 0 aromatic carbocycles. The molecule has 1 aliphatic carbocycles. The van der Waals surface area contributed by atoms with Crippen LogP contribution in [0.25, 0.3) is 0 Å².